The molecule has 0 radical (unpaired) electrons. The molecule has 1 atom stereocenters. The number of nitrogens with zero attached hydrogens (tertiary/aromatic N) is 1. The molecule has 26 heavy (non-hydrogen) atoms. The van der Waals surface area contributed by atoms with E-state index >= 15 is 0 Å². The molecule has 5 nitrogen and oxygen atoms in total. The Balaban J connectivity index is 1.98. The van der Waals surface area contributed by atoms with Gasteiger partial charge in [0.2, 0.25) is 5.91 Å². The molecule has 0 saturated heterocycles. The Bertz CT molecular complexity index is 976. The number of sulfonamides is 1. The van der Waals surface area contributed by atoms with E-state index in [1.807, 2.05) is 26.0 Å². The summed E-state index contributed by atoms with van der Waals surface area (Å²) in [6.07, 6.45) is 0. The first-order valence-electron chi connectivity index (χ1n) is 8.05. The Hall–Kier alpha value is -1.51. The van der Waals surface area contributed by atoms with Crippen LogP contribution in [-0.4, -0.2) is 26.1 Å². The Morgan fingerprint density at radius 2 is 2.00 bits per heavy atom. The molecular formula is C18H19BrN2O3S2. The minimum absolute atomic E-state index is 0.0952. The molecule has 0 saturated carbocycles. The largest absolute Gasteiger partial charge is 0.310 e. The highest BCUT2D eigenvalue weighted by Gasteiger charge is 2.27. The molecule has 1 aliphatic rings. The first kappa shape index (κ1) is 19.3. The molecule has 0 spiro atoms. The number of thioether (sulfide) groups is 1. The van der Waals surface area contributed by atoms with Gasteiger partial charge in [0.1, 0.15) is 0 Å². The van der Waals surface area contributed by atoms with Gasteiger partial charge in [0, 0.05) is 28.1 Å². The summed E-state index contributed by atoms with van der Waals surface area (Å²) in [5, 5.41) is 0.260. The summed E-state index contributed by atoms with van der Waals surface area (Å²) in [6.45, 7) is 6.04. The third kappa shape index (κ3) is 3.92. The van der Waals surface area contributed by atoms with E-state index in [0.29, 0.717) is 22.4 Å². The van der Waals surface area contributed by atoms with Crippen molar-refractivity contribution in [2.24, 2.45) is 0 Å². The number of rotatable bonds is 3. The number of benzene rings is 2. The van der Waals surface area contributed by atoms with Gasteiger partial charge >= 0.3 is 0 Å². The Morgan fingerprint density at radius 3 is 2.65 bits per heavy atom. The molecule has 2 aromatic carbocycles. The summed E-state index contributed by atoms with van der Waals surface area (Å²) in [7, 11) is -3.77. The number of carbonyl (C=O) groups excluding carboxylic acids is 1. The van der Waals surface area contributed by atoms with Crippen LogP contribution < -0.4 is 9.62 Å². The van der Waals surface area contributed by atoms with E-state index in [2.05, 4.69) is 20.7 Å². The number of aryl methyl sites for hydroxylation is 1. The van der Waals surface area contributed by atoms with Crippen molar-refractivity contribution >= 4 is 55.0 Å². The SMILES string of the molecule is CC(=O)N1CC(C)Sc2ccc(S(=O)(=O)Nc3ccc(C)cc3Br)cc21. The smallest absolute Gasteiger partial charge is 0.262 e. The van der Waals surface area contributed by atoms with E-state index in [0.717, 1.165) is 10.5 Å². The minimum Gasteiger partial charge on any atom is -0.310 e. The van der Waals surface area contributed by atoms with E-state index in [1.54, 1.807) is 40.9 Å². The highest BCUT2D eigenvalue weighted by Crippen LogP contribution is 2.40. The fourth-order valence-corrected chi connectivity index (χ4v) is 5.71. The van der Waals surface area contributed by atoms with Crippen LogP contribution >= 0.6 is 27.7 Å². The molecule has 1 aliphatic heterocycles. The number of amides is 1. The maximum absolute atomic E-state index is 12.8. The van der Waals surface area contributed by atoms with Gasteiger partial charge in [-0.1, -0.05) is 13.0 Å². The monoisotopic (exact) mass is 454 g/mol. The van der Waals surface area contributed by atoms with Crippen LogP contribution in [0.2, 0.25) is 0 Å². The first-order chi connectivity index (χ1) is 12.2. The van der Waals surface area contributed by atoms with Gasteiger partial charge in [-0.25, -0.2) is 8.42 Å². The van der Waals surface area contributed by atoms with Crippen molar-refractivity contribution in [1.82, 2.24) is 0 Å². The molecule has 0 aliphatic carbocycles. The van der Waals surface area contributed by atoms with Gasteiger partial charge in [-0.05, 0) is 58.7 Å². The van der Waals surface area contributed by atoms with Crippen molar-refractivity contribution in [2.45, 2.75) is 35.8 Å². The second-order valence-electron chi connectivity index (χ2n) is 6.28. The maximum Gasteiger partial charge on any atom is 0.262 e. The van der Waals surface area contributed by atoms with Gasteiger partial charge in [0.15, 0.2) is 0 Å². The van der Waals surface area contributed by atoms with Gasteiger partial charge < -0.3 is 4.90 Å². The van der Waals surface area contributed by atoms with Gasteiger partial charge in [0.25, 0.3) is 10.0 Å². The molecule has 138 valence electrons. The summed E-state index contributed by atoms with van der Waals surface area (Å²) in [6, 6.07) is 10.3. The Morgan fingerprint density at radius 1 is 1.27 bits per heavy atom. The van der Waals surface area contributed by atoms with Crippen LogP contribution in [-0.2, 0) is 14.8 Å². The number of fused-ring (bicyclic) bond motifs is 1. The predicted octanol–water partition coefficient (Wildman–Crippen LogP) is 4.41. The van der Waals surface area contributed by atoms with Crippen LogP contribution in [0.1, 0.15) is 19.4 Å². The zero-order valence-electron chi connectivity index (χ0n) is 14.6. The number of halogens is 1. The fraction of sp³-hybridized carbons (Fsp3) is 0.278. The first-order valence-corrected chi connectivity index (χ1v) is 11.2. The summed E-state index contributed by atoms with van der Waals surface area (Å²) in [4.78, 5) is 14.7. The summed E-state index contributed by atoms with van der Waals surface area (Å²) >= 11 is 5.03. The van der Waals surface area contributed by atoms with Crippen LogP contribution in [0.3, 0.4) is 0 Å². The van der Waals surface area contributed by atoms with Crippen molar-refractivity contribution in [2.75, 3.05) is 16.2 Å². The minimum atomic E-state index is -3.77. The lowest BCUT2D eigenvalue weighted by Crippen LogP contribution is -2.37. The molecule has 1 heterocycles. The van der Waals surface area contributed by atoms with Gasteiger partial charge in [0.05, 0.1) is 16.3 Å². The van der Waals surface area contributed by atoms with Crippen molar-refractivity contribution in [3.05, 3.63) is 46.4 Å². The number of nitrogens with one attached hydrogen (secondary N) is 1. The maximum atomic E-state index is 12.8. The molecule has 0 bridgehead atoms. The quantitative estimate of drug-likeness (QED) is 0.745. The summed E-state index contributed by atoms with van der Waals surface area (Å²) < 4.78 is 28.9. The van der Waals surface area contributed by atoms with Crippen LogP contribution in [0.4, 0.5) is 11.4 Å². The molecular weight excluding hydrogens is 436 g/mol. The lowest BCUT2D eigenvalue weighted by molar-refractivity contribution is -0.116. The van der Waals surface area contributed by atoms with Gasteiger partial charge in [-0.3, -0.25) is 9.52 Å². The molecule has 1 unspecified atom stereocenters. The van der Waals surface area contributed by atoms with Crippen LogP contribution in [0.15, 0.2) is 50.7 Å². The van der Waals surface area contributed by atoms with Crippen LogP contribution in [0, 0.1) is 6.92 Å². The Kier molecular flexibility index (Phi) is 5.37. The van der Waals surface area contributed by atoms with E-state index in [1.165, 1.54) is 6.92 Å². The second-order valence-corrected chi connectivity index (χ2v) is 10.3. The average Bonchev–Trinajstić information content (AvgIpc) is 2.56. The molecule has 3 rings (SSSR count). The molecule has 1 N–H and O–H groups in total. The van der Waals surface area contributed by atoms with Gasteiger partial charge in [-0.2, -0.15) is 0 Å². The third-order valence-electron chi connectivity index (χ3n) is 4.05. The van der Waals surface area contributed by atoms with Crippen LogP contribution in [0.25, 0.3) is 0 Å². The standard InChI is InChI=1S/C18H19BrN2O3S2/c1-11-4-6-16(15(19)8-11)20-26(23,24)14-5-7-18-17(9-14)21(13(3)22)10-12(2)25-18/h4-9,12,20H,10H2,1-3H3. The zero-order valence-corrected chi connectivity index (χ0v) is 17.8. The van der Waals surface area contributed by atoms with E-state index in [4.69, 9.17) is 0 Å². The van der Waals surface area contributed by atoms with E-state index < -0.39 is 10.0 Å². The number of carbonyl (C=O) groups is 1. The summed E-state index contributed by atoms with van der Waals surface area (Å²) in [5.41, 5.74) is 2.14. The predicted molar refractivity (Wildman–Crippen MR) is 109 cm³/mol. The molecule has 2 aromatic rings. The second kappa shape index (κ2) is 7.25. The van der Waals surface area contributed by atoms with Crippen molar-refractivity contribution in [3.8, 4) is 0 Å². The number of hydrogen-bond acceptors (Lipinski definition) is 4. The van der Waals surface area contributed by atoms with Crippen molar-refractivity contribution < 1.29 is 13.2 Å². The topological polar surface area (TPSA) is 66.5 Å². The van der Waals surface area contributed by atoms with Crippen LogP contribution in [0.5, 0.6) is 0 Å². The average molecular weight is 455 g/mol. The zero-order chi connectivity index (χ0) is 19.1. The highest BCUT2D eigenvalue weighted by atomic mass is 79.9. The Labute approximate surface area is 166 Å². The number of anilines is 2. The lowest BCUT2D eigenvalue weighted by Gasteiger charge is -2.32. The van der Waals surface area contributed by atoms with Crippen molar-refractivity contribution in [3.63, 3.8) is 0 Å². The highest BCUT2D eigenvalue weighted by molar-refractivity contribution is 9.10. The van der Waals surface area contributed by atoms with Crippen molar-refractivity contribution in [1.29, 1.82) is 0 Å². The fourth-order valence-electron chi connectivity index (χ4n) is 2.79. The van der Waals surface area contributed by atoms with E-state index in [-0.39, 0.29) is 16.1 Å². The molecule has 8 heteroatoms. The number of hydrogen-bond donors (Lipinski definition) is 1. The molecule has 0 aromatic heterocycles. The van der Waals surface area contributed by atoms with E-state index in [9.17, 15) is 13.2 Å². The van der Waals surface area contributed by atoms with Gasteiger partial charge in [-0.15, -0.1) is 11.8 Å². The molecule has 0 fully saturated rings. The summed E-state index contributed by atoms with van der Waals surface area (Å²) in [5.74, 6) is -0.0952. The lowest BCUT2D eigenvalue weighted by atomic mass is 10.2. The molecule has 1 amide bonds. The normalized spacial score (nSPS) is 16.9. The third-order valence-corrected chi connectivity index (χ3v) is 7.22.